The Balaban J connectivity index is 1.87. The Morgan fingerprint density at radius 2 is 1.79 bits per heavy atom. The number of hydrogen-bond donors (Lipinski definition) is 1. The van der Waals surface area contributed by atoms with Gasteiger partial charge in [0.2, 0.25) is 25.0 Å². The lowest BCUT2D eigenvalue weighted by molar-refractivity contribution is 0.579. The van der Waals surface area contributed by atoms with Crippen LogP contribution >= 0.6 is 0 Å². The van der Waals surface area contributed by atoms with Crippen molar-refractivity contribution in [3.05, 3.63) is 46.4 Å². The third-order valence-electron chi connectivity index (χ3n) is 5.61. The average molecular weight is 499 g/mol. The summed E-state index contributed by atoms with van der Waals surface area (Å²) in [6, 6.07) is 2.98. The van der Waals surface area contributed by atoms with Gasteiger partial charge in [-0.25, -0.2) is 30.6 Å². The van der Waals surface area contributed by atoms with Gasteiger partial charge in [0.15, 0.2) is 5.82 Å². The second-order valence-electron chi connectivity index (χ2n) is 7.96. The van der Waals surface area contributed by atoms with Gasteiger partial charge < -0.3 is 0 Å². The molecule has 4 rings (SSSR count). The number of sulfonamides is 1. The summed E-state index contributed by atoms with van der Waals surface area (Å²) in [6.07, 6.45) is 4.43. The van der Waals surface area contributed by atoms with E-state index in [0.29, 0.717) is 12.8 Å². The van der Waals surface area contributed by atoms with Crippen molar-refractivity contribution in [2.45, 2.75) is 36.1 Å². The lowest BCUT2D eigenvalue weighted by Crippen LogP contribution is -2.26. The zero-order chi connectivity index (χ0) is 24.1. The number of aryl methyl sites for hydroxylation is 1. The summed E-state index contributed by atoms with van der Waals surface area (Å²) in [5.74, 6) is -2.30. The van der Waals surface area contributed by atoms with Gasteiger partial charge in [0.25, 0.3) is 5.56 Å². The molecule has 0 bridgehead atoms. The van der Waals surface area contributed by atoms with Crippen molar-refractivity contribution < 1.29 is 25.6 Å². The summed E-state index contributed by atoms with van der Waals surface area (Å²) in [5.41, 5.74) is -2.47. The molecule has 13 heteroatoms. The molecule has 0 spiro atoms. The molecule has 2 heterocycles. The number of benzene rings is 1. The molecule has 1 saturated carbocycles. The smallest absolute Gasteiger partial charge is 0.260 e. The number of nitrogens with zero attached hydrogens (tertiary/aromatic N) is 3. The molecular formula is C20H20F2N4O5S2. The van der Waals surface area contributed by atoms with E-state index in [2.05, 4.69) is 14.7 Å². The SMILES string of the molecule is Cn1c(=O)c(-c2c(F)ccc(NS(=O)(=O)C3CCCC3)c2F)cc2cnc(S(C)(=O)=O)nc21. The summed E-state index contributed by atoms with van der Waals surface area (Å²) in [7, 11) is -6.37. The second-order valence-corrected chi connectivity index (χ2v) is 11.8. The number of rotatable bonds is 5. The van der Waals surface area contributed by atoms with Gasteiger partial charge in [-0.3, -0.25) is 14.1 Å². The predicted octanol–water partition coefficient (Wildman–Crippen LogP) is 2.36. The average Bonchev–Trinajstić information content (AvgIpc) is 3.29. The first-order valence-corrected chi connectivity index (χ1v) is 13.4. The fourth-order valence-electron chi connectivity index (χ4n) is 3.90. The number of aromatic nitrogens is 3. The third kappa shape index (κ3) is 4.22. The van der Waals surface area contributed by atoms with Gasteiger partial charge in [-0.15, -0.1) is 0 Å². The number of anilines is 1. The van der Waals surface area contributed by atoms with Gasteiger partial charge >= 0.3 is 0 Å². The Labute approximate surface area is 188 Å². The standard InChI is InChI=1S/C20H20F2N4O5S2/c1-26-18-11(10-23-20(24-18)32(2,28)29)9-13(19(26)27)16-14(21)7-8-15(17(16)22)25-33(30,31)12-5-3-4-6-12/h7-10,12,25H,3-6H2,1-2H3. The number of halogens is 2. The van der Waals surface area contributed by atoms with Crippen LogP contribution in [0.4, 0.5) is 14.5 Å². The van der Waals surface area contributed by atoms with Crippen LogP contribution < -0.4 is 10.3 Å². The van der Waals surface area contributed by atoms with Gasteiger partial charge in [0, 0.05) is 24.9 Å². The molecule has 1 aliphatic carbocycles. The van der Waals surface area contributed by atoms with E-state index >= 15 is 4.39 Å². The summed E-state index contributed by atoms with van der Waals surface area (Å²) < 4.78 is 81.8. The van der Waals surface area contributed by atoms with E-state index in [9.17, 15) is 26.0 Å². The maximum absolute atomic E-state index is 15.3. The zero-order valence-corrected chi connectivity index (χ0v) is 19.3. The summed E-state index contributed by atoms with van der Waals surface area (Å²) in [6.45, 7) is 0. The highest BCUT2D eigenvalue weighted by Gasteiger charge is 2.30. The molecule has 1 aliphatic rings. The highest BCUT2D eigenvalue weighted by atomic mass is 32.2. The first-order chi connectivity index (χ1) is 15.4. The van der Waals surface area contributed by atoms with Gasteiger partial charge in [-0.05, 0) is 31.0 Å². The minimum atomic E-state index is -3.89. The van der Waals surface area contributed by atoms with Crippen LogP contribution in [0.25, 0.3) is 22.2 Å². The van der Waals surface area contributed by atoms with Crippen LogP contribution in [-0.4, -0.2) is 42.9 Å². The van der Waals surface area contributed by atoms with Crippen LogP contribution in [0.1, 0.15) is 25.7 Å². The van der Waals surface area contributed by atoms with Gasteiger partial charge in [-0.1, -0.05) is 12.8 Å². The quantitative estimate of drug-likeness (QED) is 0.535. The molecule has 0 atom stereocenters. The molecular weight excluding hydrogens is 478 g/mol. The van der Waals surface area contributed by atoms with Crippen molar-refractivity contribution in [1.29, 1.82) is 0 Å². The summed E-state index contributed by atoms with van der Waals surface area (Å²) in [5, 5.41) is -1.01. The maximum atomic E-state index is 15.3. The largest absolute Gasteiger partial charge is 0.295 e. The summed E-state index contributed by atoms with van der Waals surface area (Å²) >= 11 is 0. The van der Waals surface area contributed by atoms with Crippen molar-refractivity contribution in [2.75, 3.05) is 11.0 Å². The molecule has 0 radical (unpaired) electrons. The fourth-order valence-corrected chi connectivity index (χ4v) is 5.98. The van der Waals surface area contributed by atoms with Gasteiger partial charge in [0.1, 0.15) is 11.5 Å². The molecule has 0 amide bonds. The molecule has 0 saturated heterocycles. The van der Waals surface area contributed by atoms with Crippen molar-refractivity contribution in [2.24, 2.45) is 7.05 Å². The highest BCUT2D eigenvalue weighted by Crippen LogP contribution is 2.32. The molecule has 2 aromatic heterocycles. The van der Waals surface area contributed by atoms with Crippen LogP contribution in [-0.2, 0) is 26.9 Å². The van der Waals surface area contributed by atoms with Crippen molar-refractivity contribution in [3.63, 3.8) is 0 Å². The first kappa shape index (κ1) is 23.2. The van der Waals surface area contributed by atoms with E-state index in [-0.39, 0.29) is 11.0 Å². The number of hydrogen-bond acceptors (Lipinski definition) is 7. The van der Waals surface area contributed by atoms with E-state index in [4.69, 9.17) is 0 Å². The third-order valence-corrected chi connectivity index (χ3v) is 8.33. The van der Waals surface area contributed by atoms with E-state index in [0.717, 1.165) is 48.1 Å². The molecule has 3 aromatic rings. The Bertz CT molecular complexity index is 1550. The molecule has 0 unspecified atom stereocenters. The number of nitrogens with one attached hydrogen (secondary N) is 1. The Morgan fingerprint density at radius 1 is 1.12 bits per heavy atom. The Morgan fingerprint density at radius 3 is 2.42 bits per heavy atom. The normalized spacial score (nSPS) is 15.3. The molecule has 0 aliphatic heterocycles. The minimum absolute atomic E-state index is 0.0434. The molecule has 1 N–H and O–H groups in total. The number of fused-ring (bicyclic) bond motifs is 1. The molecule has 176 valence electrons. The monoisotopic (exact) mass is 498 g/mol. The lowest BCUT2D eigenvalue weighted by atomic mass is 10.0. The number of sulfone groups is 1. The van der Waals surface area contributed by atoms with Crippen LogP contribution in [0.2, 0.25) is 0 Å². The van der Waals surface area contributed by atoms with Crippen LogP contribution in [0.5, 0.6) is 0 Å². The molecule has 1 aromatic carbocycles. The van der Waals surface area contributed by atoms with Crippen molar-refractivity contribution >= 4 is 36.6 Å². The van der Waals surface area contributed by atoms with E-state index in [1.807, 2.05) is 0 Å². The van der Waals surface area contributed by atoms with Gasteiger partial charge in [0.05, 0.1) is 22.1 Å². The lowest BCUT2D eigenvalue weighted by Gasteiger charge is -2.16. The molecule has 33 heavy (non-hydrogen) atoms. The van der Waals surface area contributed by atoms with Crippen LogP contribution in [0.3, 0.4) is 0 Å². The zero-order valence-electron chi connectivity index (χ0n) is 17.7. The van der Waals surface area contributed by atoms with Crippen LogP contribution in [0.15, 0.2) is 34.3 Å². The van der Waals surface area contributed by atoms with Crippen molar-refractivity contribution in [1.82, 2.24) is 14.5 Å². The fraction of sp³-hybridized carbons (Fsp3) is 0.350. The first-order valence-electron chi connectivity index (χ1n) is 9.97. The van der Waals surface area contributed by atoms with E-state index in [1.54, 1.807) is 0 Å². The second kappa shape index (κ2) is 8.13. The minimum Gasteiger partial charge on any atom is -0.295 e. The van der Waals surface area contributed by atoms with Crippen molar-refractivity contribution in [3.8, 4) is 11.1 Å². The van der Waals surface area contributed by atoms with E-state index in [1.165, 1.54) is 7.05 Å². The Hall–Kier alpha value is -2.93. The predicted molar refractivity (Wildman–Crippen MR) is 118 cm³/mol. The molecule has 1 fully saturated rings. The Kier molecular flexibility index (Phi) is 5.73. The van der Waals surface area contributed by atoms with Gasteiger partial charge in [-0.2, -0.15) is 4.98 Å². The summed E-state index contributed by atoms with van der Waals surface area (Å²) in [4.78, 5) is 20.6. The van der Waals surface area contributed by atoms with E-state index < -0.39 is 64.3 Å². The van der Waals surface area contributed by atoms with Crippen LogP contribution in [0, 0.1) is 11.6 Å². The highest BCUT2D eigenvalue weighted by molar-refractivity contribution is 7.93. The number of pyridine rings is 1. The maximum Gasteiger partial charge on any atom is 0.260 e. The topological polar surface area (TPSA) is 128 Å². The molecule has 9 nitrogen and oxygen atoms in total.